The van der Waals surface area contributed by atoms with Crippen LogP contribution < -0.4 is 10.4 Å². The lowest BCUT2D eigenvalue weighted by atomic mass is 10.2. The Morgan fingerprint density at radius 1 is 1.26 bits per heavy atom. The second-order valence-corrected chi connectivity index (χ2v) is 4.84. The van der Waals surface area contributed by atoms with Crippen molar-refractivity contribution in [2.24, 2.45) is 0 Å². The van der Waals surface area contributed by atoms with E-state index in [-0.39, 0.29) is 11.4 Å². The average Bonchev–Trinajstić information content (AvgIpc) is 2.90. The number of benzene rings is 1. The van der Waals surface area contributed by atoms with Crippen LogP contribution in [0.15, 0.2) is 29.1 Å². The summed E-state index contributed by atoms with van der Waals surface area (Å²) in [7, 11) is 0. The van der Waals surface area contributed by atoms with Crippen molar-refractivity contribution in [1.29, 1.82) is 5.26 Å². The first-order chi connectivity index (χ1) is 11.2. The first kappa shape index (κ1) is 14.8. The molecule has 3 aromatic rings. The first-order valence-corrected chi connectivity index (χ1v) is 7.31. The molecule has 2 aromatic heterocycles. The standard InChI is InChI=1S/C16H15N5O2/c1-3-21-15-13(19-16(21)22)12(9-17)18-14(20-15)10-5-7-11(8-6-10)23-4-2/h5-8H,3-4H2,1-2H3,(H,19,22). The number of fused-ring (bicyclic) bond motifs is 1. The third-order valence-electron chi connectivity index (χ3n) is 3.47. The predicted molar refractivity (Wildman–Crippen MR) is 85.1 cm³/mol. The number of H-pyrrole nitrogens is 1. The maximum Gasteiger partial charge on any atom is 0.327 e. The van der Waals surface area contributed by atoms with Gasteiger partial charge in [0.05, 0.1) is 6.61 Å². The van der Waals surface area contributed by atoms with Gasteiger partial charge in [-0.05, 0) is 38.1 Å². The molecule has 3 rings (SSSR count). The number of ether oxygens (including phenoxy) is 1. The maximum absolute atomic E-state index is 11.9. The molecule has 0 radical (unpaired) electrons. The topological polar surface area (TPSA) is 96.6 Å². The summed E-state index contributed by atoms with van der Waals surface area (Å²) >= 11 is 0. The zero-order valence-corrected chi connectivity index (χ0v) is 12.8. The van der Waals surface area contributed by atoms with Crippen LogP contribution in [0.25, 0.3) is 22.6 Å². The molecule has 0 saturated carbocycles. The fourth-order valence-electron chi connectivity index (χ4n) is 2.40. The average molecular weight is 309 g/mol. The van der Waals surface area contributed by atoms with Crippen molar-refractivity contribution in [1.82, 2.24) is 19.5 Å². The second-order valence-electron chi connectivity index (χ2n) is 4.84. The van der Waals surface area contributed by atoms with E-state index >= 15 is 0 Å². The van der Waals surface area contributed by atoms with Crippen molar-refractivity contribution in [3.8, 4) is 23.2 Å². The van der Waals surface area contributed by atoms with Gasteiger partial charge in [0.15, 0.2) is 17.2 Å². The monoisotopic (exact) mass is 309 g/mol. The summed E-state index contributed by atoms with van der Waals surface area (Å²) in [6.07, 6.45) is 0. The van der Waals surface area contributed by atoms with Crippen LogP contribution in [-0.4, -0.2) is 26.1 Å². The van der Waals surface area contributed by atoms with Gasteiger partial charge >= 0.3 is 5.69 Å². The molecule has 0 aliphatic carbocycles. The lowest BCUT2D eigenvalue weighted by Gasteiger charge is -2.05. The number of imidazole rings is 1. The summed E-state index contributed by atoms with van der Waals surface area (Å²) in [5.41, 5.74) is 1.42. The van der Waals surface area contributed by atoms with Crippen molar-refractivity contribution in [3.63, 3.8) is 0 Å². The van der Waals surface area contributed by atoms with Crippen LogP contribution in [0.2, 0.25) is 0 Å². The number of nitrogens with zero attached hydrogens (tertiary/aromatic N) is 4. The highest BCUT2D eigenvalue weighted by Crippen LogP contribution is 2.22. The lowest BCUT2D eigenvalue weighted by molar-refractivity contribution is 0.340. The summed E-state index contributed by atoms with van der Waals surface area (Å²) in [5.74, 6) is 1.16. The SMILES string of the molecule is CCOc1ccc(-c2nc(C#N)c3[nH]c(=O)n(CC)c3n2)cc1. The summed E-state index contributed by atoms with van der Waals surface area (Å²) in [4.78, 5) is 23.3. The van der Waals surface area contributed by atoms with Crippen LogP contribution in [-0.2, 0) is 6.54 Å². The minimum absolute atomic E-state index is 0.156. The summed E-state index contributed by atoms with van der Waals surface area (Å²) < 4.78 is 6.89. The van der Waals surface area contributed by atoms with Gasteiger partial charge < -0.3 is 9.72 Å². The van der Waals surface area contributed by atoms with E-state index in [4.69, 9.17) is 4.74 Å². The van der Waals surface area contributed by atoms with Gasteiger partial charge in [0.25, 0.3) is 0 Å². The molecule has 0 unspecified atom stereocenters. The largest absolute Gasteiger partial charge is 0.494 e. The van der Waals surface area contributed by atoms with Crippen molar-refractivity contribution in [3.05, 3.63) is 40.4 Å². The van der Waals surface area contributed by atoms with E-state index in [0.29, 0.717) is 30.1 Å². The fourth-order valence-corrected chi connectivity index (χ4v) is 2.40. The molecule has 0 spiro atoms. The normalized spacial score (nSPS) is 10.7. The molecule has 0 bridgehead atoms. The molecule has 0 saturated heterocycles. The van der Waals surface area contributed by atoms with Crippen LogP contribution in [0.5, 0.6) is 5.75 Å². The van der Waals surface area contributed by atoms with E-state index in [1.54, 1.807) is 0 Å². The molecular formula is C16H15N5O2. The van der Waals surface area contributed by atoms with Crippen molar-refractivity contribution < 1.29 is 4.74 Å². The Morgan fingerprint density at radius 3 is 2.61 bits per heavy atom. The van der Waals surface area contributed by atoms with E-state index < -0.39 is 0 Å². The summed E-state index contributed by atoms with van der Waals surface area (Å²) in [6, 6.07) is 9.32. The van der Waals surface area contributed by atoms with Crippen LogP contribution in [0.3, 0.4) is 0 Å². The Kier molecular flexibility index (Phi) is 3.81. The third-order valence-corrected chi connectivity index (χ3v) is 3.47. The number of aromatic nitrogens is 4. The minimum Gasteiger partial charge on any atom is -0.494 e. The number of nitriles is 1. The van der Waals surface area contributed by atoms with Gasteiger partial charge in [-0.2, -0.15) is 5.26 Å². The Bertz CT molecular complexity index is 947. The lowest BCUT2D eigenvalue weighted by Crippen LogP contribution is -2.15. The molecule has 7 nitrogen and oxygen atoms in total. The molecule has 23 heavy (non-hydrogen) atoms. The number of rotatable bonds is 4. The van der Waals surface area contributed by atoms with Crippen molar-refractivity contribution in [2.75, 3.05) is 6.61 Å². The third kappa shape index (κ3) is 2.55. The Labute approximate surface area is 132 Å². The molecule has 1 aromatic carbocycles. The summed E-state index contributed by atoms with van der Waals surface area (Å²) in [5, 5.41) is 9.30. The molecule has 116 valence electrons. The zero-order valence-electron chi connectivity index (χ0n) is 12.8. The van der Waals surface area contributed by atoms with Gasteiger partial charge in [-0.25, -0.2) is 14.8 Å². The van der Waals surface area contributed by atoms with E-state index in [1.807, 2.05) is 44.2 Å². The van der Waals surface area contributed by atoms with Crippen LogP contribution in [0.4, 0.5) is 0 Å². The first-order valence-electron chi connectivity index (χ1n) is 7.31. The Balaban J connectivity index is 2.18. The molecule has 0 aliphatic heterocycles. The smallest absolute Gasteiger partial charge is 0.327 e. The van der Waals surface area contributed by atoms with Gasteiger partial charge in [-0.3, -0.25) is 4.57 Å². The number of hydrogen-bond acceptors (Lipinski definition) is 5. The number of aryl methyl sites for hydroxylation is 1. The van der Waals surface area contributed by atoms with Crippen LogP contribution in [0, 0.1) is 11.3 Å². The molecule has 1 N–H and O–H groups in total. The maximum atomic E-state index is 11.9. The summed E-state index contributed by atoms with van der Waals surface area (Å²) in [6.45, 7) is 4.81. The van der Waals surface area contributed by atoms with Gasteiger partial charge in [0.2, 0.25) is 0 Å². The van der Waals surface area contributed by atoms with Gasteiger partial charge in [0.1, 0.15) is 17.3 Å². The second kappa shape index (κ2) is 5.93. The van der Waals surface area contributed by atoms with E-state index in [2.05, 4.69) is 15.0 Å². The van der Waals surface area contributed by atoms with E-state index in [9.17, 15) is 10.1 Å². The fraction of sp³-hybridized carbons (Fsp3) is 0.250. The Morgan fingerprint density at radius 2 is 2.00 bits per heavy atom. The molecule has 0 aliphatic rings. The molecule has 7 heteroatoms. The van der Waals surface area contributed by atoms with E-state index in [1.165, 1.54) is 4.57 Å². The molecular weight excluding hydrogens is 294 g/mol. The number of nitrogens with one attached hydrogen (secondary N) is 1. The number of aromatic amines is 1. The van der Waals surface area contributed by atoms with Gasteiger partial charge in [-0.1, -0.05) is 0 Å². The highest BCUT2D eigenvalue weighted by molar-refractivity contribution is 5.78. The molecule has 0 atom stereocenters. The van der Waals surface area contributed by atoms with Crippen molar-refractivity contribution >= 4 is 11.2 Å². The minimum atomic E-state index is -0.294. The number of hydrogen-bond donors (Lipinski definition) is 1. The molecule has 0 fully saturated rings. The molecule has 0 amide bonds. The Hall–Kier alpha value is -3.14. The van der Waals surface area contributed by atoms with E-state index in [0.717, 1.165) is 11.3 Å². The predicted octanol–water partition coefficient (Wildman–Crippen LogP) is 2.08. The highest BCUT2D eigenvalue weighted by Gasteiger charge is 2.15. The van der Waals surface area contributed by atoms with Gasteiger partial charge in [0, 0.05) is 12.1 Å². The zero-order chi connectivity index (χ0) is 16.4. The van der Waals surface area contributed by atoms with Crippen LogP contribution in [0.1, 0.15) is 19.5 Å². The molecule has 2 heterocycles. The van der Waals surface area contributed by atoms with Crippen molar-refractivity contribution in [2.45, 2.75) is 20.4 Å². The van der Waals surface area contributed by atoms with Gasteiger partial charge in [-0.15, -0.1) is 0 Å². The highest BCUT2D eigenvalue weighted by atomic mass is 16.5. The van der Waals surface area contributed by atoms with Crippen LogP contribution >= 0.6 is 0 Å². The quantitative estimate of drug-likeness (QED) is 0.796.